The minimum Gasteiger partial charge on any atom is -0.483 e. The zero-order valence-corrected chi connectivity index (χ0v) is 29.8. The molecule has 2 amide bonds. The van der Waals surface area contributed by atoms with Crippen molar-refractivity contribution in [2.24, 2.45) is 10.9 Å². The van der Waals surface area contributed by atoms with Crippen molar-refractivity contribution in [2.75, 3.05) is 30.8 Å². The lowest BCUT2D eigenvalue weighted by molar-refractivity contribution is -0.386. The van der Waals surface area contributed by atoms with E-state index in [9.17, 15) is 43.4 Å². The maximum Gasteiger partial charge on any atom is 0.407 e. The van der Waals surface area contributed by atoms with Gasteiger partial charge in [0.15, 0.2) is 17.1 Å². The molecule has 55 heavy (non-hydrogen) atoms. The Balaban J connectivity index is 1.09. The van der Waals surface area contributed by atoms with Gasteiger partial charge in [-0.1, -0.05) is 30.3 Å². The molecule has 0 saturated heterocycles. The van der Waals surface area contributed by atoms with Crippen LogP contribution in [0.2, 0.25) is 0 Å². The number of amides is 2. The summed E-state index contributed by atoms with van der Waals surface area (Å²) in [6.07, 6.45) is -3.62. The van der Waals surface area contributed by atoms with Crippen LogP contribution < -0.4 is 20.7 Å². The second kappa shape index (κ2) is 16.7. The topological polar surface area (TPSA) is 273 Å². The second-order valence-corrected chi connectivity index (χ2v) is 14.5. The molecule has 1 heterocycles. The van der Waals surface area contributed by atoms with Gasteiger partial charge in [-0.15, -0.1) is 0 Å². The molecule has 1 aliphatic heterocycles. The lowest BCUT2D eigenvalue weighted by Gasteiger charge is -2.35. The number of benzene rings is 4. The maximum absolute atomic E-state index is 13.0. The number of nitro benzene ring substituents is 1. The van der Waals surface area contributed by atoms with E-state index in [1.807, 2.05) is 12.1 Å². The van der Waals surface area contributed by atoms with E-state index in [1.165, 1.54) is 18.2 Å². The van der Waals surface area contributed by atoms with E-state index >= 15 is 0 Å². The summed E-state index contributed by atoms with van der Waals surface area (Å²) in [5, 5.41) is 48.4. The predicted octanol–water partition coefficient (Wildman–Crippen LogP) is 2.91. The normalized spacial score (nSPS) is 19.0. The molecule has 3 aromatic carbocycles. The third kappa shape index (κ3) is 9.69. The van der Waals surface area contributed by atoms with Gasteiger partial charge in [-0.25, -0.2) is 9.78 Å². The van der Waals surface area contributed by atoms with Crippen molar-refractivity contribution in [3.8, 4) is 17.2 Å². The summed E-state index contributed by atoms with van der Waals surface area (Å²) in [7, 11) is -4.08. The summed E-state index contributed by atoms with van der Waals surface area (Å²) < 4.78 is 48.0. The summed E-state index contributed by atoms with van der Waals surface area (Å²) in [6, 6.07) is 17.8. The molecule has 0 aromatic heterocycles. The molecular formula is C36H37N5O13S. The van der Waals surface area contributed by atoms with Crippen LogP contribution in [0.4, 0.5) is 16.2 Å². The van der Waals surface area contributed by atoms with Crippen molar-refractivity contribution in [1.82, 2.24) is 10.3 Å². The van der Waals surface area contributed by atoms with E-state index < -0.39 is 69.3 Å². The number of nitrogens with one attached hydrogen (secondary N) is 2. The number of ether oxygens (including phenoxy) is 2. The minimum atomic E-state index is -4.08. The molecule has 4 atom stereocenters. The lowest BCUT2D eigenvalue weighted by atomic mass is 9.83. The van der Waals surface area contributed by atoms with Gasteiger partial charge < -0.3 is 39.8 Å². The quantitative estimate of drug-likeness (QED) is 0.0251. The van der Waals surface area contributed by atoms with Crippen molar-refractivity contribution in [3.63, 3.8) is 0 Å². The molecule has 3 unspecified atom stereocenters. The minimum absolute atomic E-state index is 0.0132. The molecule has 2 aliphatic carbocycles. The Morgan fingerprint density at radius 2 is 1.84 bits per heavy atom. The molecule has 6 rings (SSSR count). The zero-order valence-electron chi connectivity index (χ0n) is 29.0. The molecule has 1 saturated carbocycles. The number of hydrogen-bond acceptors (Lipinski definition) is 14. The van der Waals surface area contributed by atoms with Crippen LogP contribution in [-0.4, -0.2) is 94.0 Å². The van der Waals surface area contributed by atoms with Gasteiger partial charge in [0.2, 0.25) is 5.91 Å². The number of carbonyl (C=O) groups excluding carboxylic acids is 2. The number of aliphatic hydroxyl groups excluding tert-OH is 3. The third-order valence-corrected chi connectivity index (χ3v) is 9.77. The second-order valence-electron chi connectivity index (χ2n) is 13.0. The van der Waals surface area contributed by atoms with Crippen molar-refractivity contribution in [2.45, 2.75) is 44.2 Å². The molecule has 6 N–H and O–H groups in total. The molecule has 18 nitrogen and oxygen atoms in total. The van der Waals surface area contributed by atoms with Gasteiger partial charge in [0, 0.05) is 54.5 Å². The van der Waals surface area contributed by atoms with E-state index in [1.54, 1.807) is 36.4 Å². The number of aliphatic hydroxyl groups is 3. The summed E-state index contributed by atoms with van der Waals surface area (Å²) >= 11 is 0. The fourth-order valence-electron chi connectivity index (χ4n) is 6.30. The Hall–Kier alpha value is -5.73. The van der Waals surface area contributed by atoms with E-state index in [0.29, 0.717) is 44.4 Å². The predicted molar refractivity (Wildman–Crippen MR) is 196 cm³/mol. The Kier molecular flexibility index (Phi) is 11.9. The number of anilines is 1. The lowest BCUT2D eigenvalue weighted by Crippen LogP contribution is -2.46. The zero-order chi connectivity index (χ0) is 39.3. The smallest absolute Gasteiger partial charge is 0.407 e. The Labute approximate surface area is 312 Å². The monoisotopic (exact) mass is 779 g/mol. The molecule has 3 aromatic rings. The molecule has 0 radical (unpaired) electrons. The number of fused-ring (bicyclic) bond motifs is 4. The number of rotatable bonds is 13. The van der Waals surface area contributed by atoms with Gasteiger partial charge >= 0.3 is 11.8 Å². The molecule has 3 aliphatic rings. The average Bonchev–Trinajstić information content (AvgIpc) is 3.15. The first-order valence-corrected chi connectivity index (χ1v) is 18.7. The van der Waals surface area contributed by atoms with Crippen molar-refractivity contribution in [1.29, 1.82) is 0 Å². The standard InChI is InChI=1S/C36H37N5O13S/c42-18-21-13-23(15-29(43)35(21)45)53-30-9-6-20(12-28(30)41(47)48)19-52-36(46)38-17-33(44)39-27-16-32-34(25-5-2-1-4-24(25)27)40-26-8-7-22(14-31(26)54-32)37-10-3-11-55(49,50)51/h1-2,4-9,12,14,16,21,23,29,35,42-43,45H,3,10-11,13,15,17-19H2,(H,38,46)(H,39,44)(H,49,50,51)/t21?,23?,29-,35?/m0/s1. The number of aromatic nitrogens is 1. The first-order chi connectivity index (χ1) is 26.3. The van der Waals surface area contributed by atoms with Crippen LogP contribution in [0.1, 0.15) is 24.8 Å². The van der Waals surface area contributed by atoms with Crippen LogP contribution in [0.25, 0.3) is 33.3 Å². The average molecular weight is 780 g/mol. The molecule has 1 fully saturated rings. The summed E-state index contributed by atoms with van der Waals surface area (Å²) in [5.74, 6) is -1.37. The number of carbonyl (C=O) groups is 2. The van der Waals surface area contributed by atoms with E-state index in [0.717, 1.165) is 0 Å². The van der Waals surface area contributed by atoms with E-state index in [4.69, 9.17) is 23.4 Å². The van der Waals surface area contributed by atoms with Gasteiger partial charge in [0.1, 0.15) is 30.5 Å². The molecular weight excluding hydrogens is 742 g/mol. The van der Waals surface area contributed by atoms with Crippen molar-refractivity contribution < 1.29 is 56.7 Å². The number of nitro groups is 1. The largest absolute Gasteiger partial charge is 0.483 e. The van der Waals surface area contributed by atoms with E-state index in [2.05, 4.69) is 15.6 Å². The van der Waals surface area contributed by atoms with Crippen molar-refractivity contribution >= 4 is 55.4 Å². The van der Waals surface area contributed by atoms with Crippen LogP contribution >= 0.6 is 0 Å². The highest BCUT2D eigenvalue weighted by Crippen LogP contribution is 2.35. The van der Waals surface area contributed by atoms with Gasteiger partial charge in [-0.05, 0) is 36.6 Å². The number of nitrogens with zero attached hydrogens (tertiary/aromatic N) is 3. The van der Waals surface area contributed by atoms with Crippen LogP contribution in [0.15, 0.2) is 76.1 Å². The molecule has 19 heteroatoms. The highest BCUT2D eigenvalue weighted by atomic mass is 32.2. The molecule has 0 spiro atoms. The van der Waals surface area contributed by atoms with Crippen LogP contribution in [-0.2, 0) is 26.3 Å². The number of alkyl carbamates (subject to hydrolysis) is 1. The van der Waals surface area contributed by atoms with Gasteiger partial charge in [-0.3, -0.25) is 24.5 Å². The third-order valence-electron chi connectivity index (χ3n) is 8.96. The summed E-state index contributed by atoms with van der Waals surface area (Å²) in [6.45, 7) is -1.08. The maximum atomic E-state index is 13.0. The van der Waals surface area contributed by atoms with E-state index in [-0.39, 0.29) is 50.3 Å². The van der Waals surface area contributed by atoms with Gasteiger partial charge in [0.05, 0.1) is 33.9 Å². The van der Waals surface area contributed by atoms with Crippen LogP contribution in [0.3, 0.4) is 0 Å². The number of hydrogen-bond donors (Lipinski definition) is 6. The Morgan fingerprint density at radius 1 is 1.05 bits per heavy atom. The first-order valence-electron chi connectivity index (χ1n) is 17.1. The first kappa shape index (κ1) is 39.0. The molecule has 0 bridgehead atoms. The fourth-order valence-corrected chi connectivity index (χ4v) is 6.79. The SMILES string of the molecule is O=C(CNC(=O)OCc1ccc(OC2CC(CO)C(O)[C@@H](O)C2)c([N+](=O)[O-])c1)Nc1cc2oc3cc(=NCCCS(=O)(=O)O)ccc-3nc2c2ccccc12. The van der Waals surface area contributed by atoms with Gasteiger partial charge in [0.25, 0.3) is 10.1 Å². The highest BCUT2D eigenvalue weighted by molar-refractivity contribution is 7.85. The fraction of sp³-hybridized carbons (Fsp3) is 0.333. The summed E-state index contributed by atoms with van der Waals surface area (Å²) in [5.41, 5.74) is 1.63. The molecule has 290 valence electrons. The van der Waals surface area contributed by atoms with Gasteiger partial charge in [-0.2, -0.15) is 8.42 Å². The summed E-state index contributed by atoms with van der Waals surface area (Å²) in [4.78, 5) is 45.7. The van der Waals surface area contributed by atoms with Crippen LogP contribution in [0, 0.1) is 16.0 Å². The Morgan fingerprint density at radius 3 is 2.58 bits per heavy atom. The van der Waals surface area contributed by atoms with Crippen LogP contribution in [0.5, 0.6) is 5.75 Å². The Bertz CT molecular complexity index is 2390. The highest BCUT2D eigenvalue weighted by Gasteiger charge is 2.37. The van der Waals surface area contributed by atoms with Crippen molar-refractivity contribution in [3.05, 3.63) is 87.8 Å².